The smallest absolute Gasteiger partial charge is 0.497 e. The molecule has 0 saturated heterocycles. The van der Waals surface area contributed by atoms with E-state index in [0.29, 0.717) is 34.7 Å². The predicted octanol–water partition coefficient (Wildman–Crippen LogP) is 4.23. The van der Waals surface area contributed by atoms with E-state index >= 15 is 0 Å². The monoisotopic (exact) mass is 554 g/mol. The highest BCUT2D eigenvalue weighted by molar-refractivity contribution is 5.91. The summed E-state index contributed by atoms with van der Waals surface area (Å²) in [6.45, 7) is 1.67. The molecular formula is C28H24F2N2O8. The third-order valence-electron chi connectivity index (χ3n) is 7.27. The summed E-state index contributed by atoms with van der Waals surface area (Å²) < 4.78 is 58.4. The van der Waals surface area contributed by atoms with Gasteiger partial charge >= 0.3 is 12.3 Å². The number of carbonyl (C=O) groups excluding carboxylic acids is 2. The molecule has 0 aliphatic carbocycles. The second kappa shape index (κ2) is 9.25. The van der Waals surface area contributed by atoms with Gasteiger partial charge in [0.05, 0.1) is 31.5 Å². The van der Waals surface area contributed by atoms with Gasteiger partial charge in [-0.3, -0.25) is 9.78 Å². The van der Waals surface area contributed by atoms with E-state index in [1.54, 1.807) is 31.2 Å². The van der Waals surface area contributed by atoms with Crippen molar-refractivity contribution >= 4 is 11.9 Å². The van der Waals surface area contributed by atoms with Gasteiger partial charge in [0, 0.05) is 35.9 Å². The molecule has 2 aromatic carbocycles. The van der Waals surface area contributed by atoms with E-state index in [2.05, 4.69) is 19.8 Å². The molecule has 3 aromatic rings. The zero-order valence-corrected chi connectivity index (χ0v) is 21.7. The number of esters is 1. The van der Waals surface area contributed by atoms with Crippen LogP contribution in [0.25, 0.3) is 0 Å². The molecule has 3 aliphatic rings. The summed E-state index contributed by atoms with van der Waals surface area (Å²) in [5.74, 6) is 0.117. The lowest BCUT2D eigenvalue weighted by Gasteiger charge is -2.34. The number of pyridine rings is 1. The van der Waals surface area contributed by atoms with Crippen LogP contribution in [-0.4, -0.2) is 44.0 Å². The third kappa shape index (κ3) is 4.29. The molecule has 1 aromatic heterocycles. The molecule has 0 unspecified atom stereocenters. The van der Waals surface area contributed by atoms with Crippen LogP contribution >= 0.6 is 0 Å². The molecule has 1 amide bonds. The largest absolute Gasteiger partial charge is 0.586 e. The Balaban J connectivity index is 1.29. The van der Waals surface area contributed by atoms with Gasteiger partial charge in [0.2, 0.25) is 5.91 Å². The van der Waals surface area contributed by atoms with E-state index in [1.807, 2.05) is 6.07 Å². The number of benzene rings is 2. The van der Waals surface area contributed by atoms with Crippen LogP contribution in [-0.2, 0) is 14.9 Å². The first-order valence-electron chi connectivity index (χ1n) is 12.4. The molecule has 3 atom stereocenters. The molecule has 6 rings (SSSR count). The fraction of sp³-hybridized carbons (Fsp3) is 0.321. The number of ether oxygens (including phenoxy) is 6. The van der Waals surface area contributed by atoms with Crippen molar-refractivity contribution in [2.75, 3.05) is 20.8 Å². The standard InChI is InChI=1S/C28H24F2N2O8/c1-27(13-37-21-11-24-23(9-17(21)27)39-28(29,30)40-24)26(34)32-19-10-22(18-7-4-14(12-31-18)25(33)36-3)38-20-8-15(35-2)5-6-16(19)20/h4-9,11-12,19,22H,10,13H2,1-3H3,(H,32,34)/t19-,22-,27+/m1/s1. The third-order valence-corrected chi connectivity index (χ3v) is 7.27. The van der Waals surface area contributed by atoms with Gasteiger partial charge in [0.25, 0.3) is 0 Å². The molecule has 0 spiro atoms. The Morgan fingerprint density at radius 2 is 1.80 bits per heavy atom. The number of nitrogens with one attached hydrogen (secondary N) is 1. The summed E-state index contributed by atoms with van der Waals surface area (Å²) in [7, 11) is 2.82. The topological polar surface area (TPSA) is 114 Å². The minimum atomic E-state index is -3.79. The second-order valence-corrected chi connectivity index (χ2v) is 9.82. The maximum absolute atomic E-state index is 13.8. The molecule has 0 bridgehead atoms. The van der Waals surface area contributed by atoms with Gasteiger partial charge in [-0.05, 0) is 37.3 Å². The van der Waals surface area contributed by atoms with Gasteiger partial charge < -0.3 is 33.7 Å². The second-order valence-electron chi connectivity index (χ2n) is 9.82. The lowest BCUT2D eigenvalue weighted by Crippen LogP contribution is -2.46. The lowest BCUT2D eigenvalue weighted by molar-refractivity contribution is -0.286. The number of halogens is 2. The summed E-state index contributed by atoms with van der Waals surface area (Å²) in [4.78, 5) is 30.0. The molecule has 3 aliphatic heterocycles. The Bertz CT molecular complexity index is 1510. The van der Waals surface area contributed by atoms with Crippen LogP contribution in [0.4, 0.5) is 8.78 Å². The van der Waals surface area contributed by atoms with Crippen LogP contribution in [0.2, 0.25) is 0 Å². The van der Waals surface area contributed by atoms with Gasteiger partial charge in [-0.2, -0.15) is 0 Å². The van der Waals surface area contributed by atoms with Crippen molar-refractivity contribution in [2.45, 2.75) is 37.2 Å². The Morgan fingerprint density at radius 1 is 1.02 bits per heavy atom. The lowest BCUT2D eigenvalue weighted by atomic mass is 9.82. The molecule has 4 heterocycles. The van der Waals surface area contributed by atoms with E-state index in [4.69, 9.17) is 18.9 Å². The fourth-order valence-electron chi connectivity index (χ4n) is 5.06. The molecular weight excluding hydrogens is 530 g/mol. The van der Waals surface area contributed by atoms with Crippen molar-refractivity contribution in [3.05, 3.63) is 71.0 Å². The number of alkyl halides is 2. The minimum Gasteiger partial charge on any atom is -0.497 e. The predicted molar refractivity (Wildman–Crippen MR) is 133 cm³/mol. The van der Waals surface area contributed by atoms with E-state index in [9.17, 15) is 18.4 Å². The number of aromatic nitrogens is 1. The van der Waals surface area contributed by atoms with Crippen molar-refractivity contribution in [1.29, 1.82) is 0 Å². The van der Waals surface area contributed by atoms with Crippen molar-refractivity contribution in [2.24, 2.45) is 0 Å². The highest BCUT2D eigenvalue weighted by Crippen LogP contribution is 2.50. The number of rotatable bonds is 5. The van der Waals surface area contributed by atoms with Crippen molar-refractivity contribution in [3.63, 3.8) is 0 Å². The number of amides is 1. The first kappa shape index (κ1) is 25.7. The number of hydrogen-bond donors (Lipinski definition) is 1. The molecule has 0 saturated carbocycles. The number of hydrogen-bond acceptors (Lipinski definition) is 9. The van der Waals surface area contributed by atoms with Gasteiger partial charge in [-0.1, -0.05) is 0 Å². The molecule has 0 radical (unpaired) electrons. The molecule has 1 N–H and O–H groups in total. The van der Waals surface area contributed by atoms with Crippen LogP contribution in [0, 0.1) is 0 Å². The summed E-state index contributed by atoms with van der Waals surface area (Å²) in [6.07, 6.45) is -2.62. The first-order valence-corrected chi connectivity index (χ1v) is 12.4. The number of carbonyl (C=O) groups is 2. The minimum absolute atomic E-state index is 0.00782. The summed E-state index contributed by atoms with van der Waals surface area (Å²) >= 11 is 0. The van der Waals surface area contributed by atoms with Gasteiger partial charge in [0.15, 0.2) is 11.5 Å². The van der Waals surface area contributed by atoms with E-state index in [1.165, 1.54) is 32.5 Å². The SMILES string of the molecule is COC(=O)c1ccc([C@H]2C[C@@H](NC(=O)[C@@]3(C)COc4cc5c(cc43)OC(F)(F)O5)c3ccc(OC)cc3O2)nc1. The van der Waals surface area contributed by atoms with Crippen LogP contribution in [0.3, 0.4) is 0 Å². The molecule has 40 heavy (non-hydrogen) atoms. The van der Waals surface area contributed by atoms with Crippen molar-refractivity contribution in [3.8, 4) is 28.7 Å². The van der Waals surface area contributed by atoms with Gasteiger partial charge in [-0.15, -0.1) is 8.78 Å². The molecule has 10 nitrogen and oxygen atoms in total. The van der Waals surface area contributed by atoms with Crippen LogP contribution < -0.4 is 29.0 Å². The average molecular weight is 555 g/mol. The van der Waals surface area contributed by atoms with Crippen molar-refractivity contribution in [1.82, 2.24) is 10.3 Å². The highest BCUT2D eigenvalue weighted by atomic mass is 19.3. The number of nitrogens with zero attached hydrogens (tertiary/aromatic N) is 1. The van der Waals surface area contributed by atoms with E-state index in [0.717, 1.165) is 5.56 Å². The fourth-order valence-corrected chi connectivity index (χ4v) is 5.06. The molecule has 208 valence electrons. The Kier molecular flexibility index (Phi) is 5.93. The first-order chi connectivity index (χ1) is 19.1. The average Bonchev–Trinajstić information content (AvgIpc) is 3.45. The zero-order chi connectivity index (χ0) is 28.2. The molecule has 12 heteroatoms. The number of fused-ring (bicyclic) bond motifs is 3. The van der Waals surface area contributed by atoms with Crippen LogP contribution in [0.5, 0.6) is 28.7 Å². The van der Waals surface area contributed by atoms with Crippen LogP contribution in [0.1, 0.15) is 52.7 Å². The van der Waals surface area contributed by atoms with Gasteiger partial charge in [-0.25, -0.2) is 4.79 Å². The quantitative estimate of drug-likeness (QED) is 0.463. The Morgan fingerprint density at radius 3 is 2.50 bits per heavy atom. The van der Waals surface area contributed by atoms with E-state index < -0.39 is 29.8 Å². The highest BCUT2D eigenvalue weighted by Gasteiger charge is 2.49. The Labute approximate surface area is 227 Å². The normalized spacial score (nSPS) is 23.2. The van der Waals surface area contributed by atoms with Crippen molar-refractivity contribution < 1.29 is 46.8 Å². The summed E-state index contributed by atoms with van der Waals surface area (Å²) in [5.41, 5.74) is 0.774. The number of methoxy groups -OCH3 is 2. The maximum Gasteiger partial charge on any atom is 0.586 e. The summed E-state index contributed by atoms with van der Waals surface area (Å²) in [6, 6.07) is 10.7. The maximum atomic E-state index is 13.8. The summed E-state index contributed by atoms with van der Waals surface area (Å²) in [5, 5.41) is 3.10. The molecule has 0 fully saturated rings. The van der Waals surface area contributed by atoms with Gasteiger partial charge in [0.1, 0.15) is 35.4 Å². The van der Waals surface area contributed by atoms with E-state index in [-0.39, 0.29) is 29.8 Å². The Hall–Kier alpha value is -4.61. The zero-order valence-electron chi connectivity index (χ0n) is 21.7. The van der Waals surface area contributed by atoms with Crippen LogP contribution in [0.15, 0.2) is 48.7 Å².